The van der Waals surface area contributed by atoms with Crippen molar-refractivity contribution in [1.82, 2.24) is 4.98 Å². The van der Waals surface area contributed by atoms with Crippen LogP contribution >= 0.6 is 22.9 Å². The first-order valence-corrected chi connectivity index (χ1v) is 9.56. The second-order valence-corrected chi connectivity index (χ2v) is 7.80. The molecule has 1 saturated carbocycles. The van der Waals surface area contributed by atoms with Gasteiger partial charge in [-0.1, -0.05) is 47.9 Å². The molecule has 0 unspecified atom stereocenters. The van der Waals surface area contributed by atoms with Crippen molar-refractivity contribution in [2.45, 2.75) is 32.1 Å². The van der Waals surface area contributed by atoms with E-state index in [-0.39, 0.29) is 18.1 Å². The Morgan fingerprint density at radius 1 is 1.12 bits per heavy atom. The Balaban J connectivity index is 1.62. The number of rotatable bonds is 6. The first-order chi connectivity index (χ1) is 12.5. The number of hydrogen-bond acceptors (Lipinski definition) is 5. The van der Waals surface area contributed by atoms with Gasteiger partial charge in [0.2, 0.25) is 11.8 Å². The minimum atomic E-state index is -0.492. The zero-order valence-corrected chi connectivity index (χ0v) is 15.5. The molecule has 26 heavy (non-hydrogen) atoms. The molecule has 0 spiro atoms. The molecule has 0 bridgehead atoms. The molecule has 136 valence electrons. The molecule has 1 aliphatic rings. The monoisotopic (exact) mass is 391 g/mol. The third-order valence-corrected chi connectivity index (χ3v) is 5.27. The average molecular weight is 392 g/mol. The summed E-state index contributed by atoms with van der Waals surface area (Å²) in [5.74, 6) is -0.906. The molecule has 0 radical (unpaired) electrons. The summed E-state index contributed by atoms with van der Waals surface area (Å²) >= 11 is 6.86. The Morgan fingerprint density at radius 3 is 2.50 bits per heavy atom. The molecule has 1 aromatic heterocycles. The van der Waals surface area contributed by atoms with Crippen LogP contribution in [-0.4, -0.2) is 22.6 Å². The number of carbonyl (C=O) groups is 3. The number of ketones is 1. The van der Waals surface area contributed by atoms with E-state index in [2.05, 4.69) is 15.6 Å². The number of para-hydroxylation sites is 1. The lowest BCUT2D eigenvalue weighted by Crippen LogP contribution is -2.23. The molecular weight excluding hydrogens is 374 g/mol. The lowest BCUT2D eigenvalue weighted by Gasteiger charge is -2.13. The topological polar surface area (TPSA) is 88.2 Å². The molecule has 0 saturated heterocycles. The van der Waals surface area contributed by atoms with E-state index in [0.717, 1.165) is 37.0 Å². The Hall–Kier alpha value is -2.25. The van der Waals surface area contributed by atoms with E-state index in [4.69, 9.17) is 11.6 Å². The van der Waals surface area contributed by atoms with E-state index < -0.39 is 11.8 Å². The maximum absolute atomic E-state index is 12.7. The van der Waals surface area contributed by atoms with Gasteiger partial charge in [0.1, 0.15) is 10.8 Å². The second-order valence-electron chi connectivity index (χ2n) is 6.13. The van der Waals surface area contributed by atoms with E-state index in [9.17, 15) is 14.4 Å². The molecule has 6 nitrogen and oxygen atoms in total. The van der Waals surface area contributed by atoms with Crippen LogP contribution in [0.1, 0.15) is 42.5 Å². The molecule has 1 aliphatic carbocycles. The van der Waals surface area contributed by atoms with Crippen LogP contribution in [0.5, 0.6) is 0 Å². The van der Waals surface area contributed by atoms with E-state index in [0.29, 0.717) is 20.7 Å². The molecular formula is C18H18ClN3O3S. The molecule has 2 aromatic rings. The molecule has 1 aromatic carbocycles. The van der Waals surface area contributed by atoms with Gasteiger partial charge in [-0.2, -0.15) is 0 Å². The molecule has 8 heteroatoms. The first kappa shape index (κ1) is 18.5. The Labute approximate surface area is 160 Å². The van der Waals surface area contributed by atoms with Crippen LogP contribution in [0.15, 0.2) is 30.5 Å². The predicted molar refractivity (Wildman–Crippen MR) is 102 cm³/mol. The standard InChI is InChI=1S/C18H18ClN3O3S/c19-14-10-20-18(26-14)22-16(24)9-15(23)21-13-8-4-3-7-12(13)17(25)11-5-1-2-6-11/h3-4,7-8,10-11H,1-2,5-6,9H2,(H,21,23)(H,20,22,24). The average Bonchev–Trinajstić information content (AvgIpc) is 3.26. The van der Waals surface area contributed by atoms with Gasteiger partial charge >= 0.3 is 0 Å². The number of hydrogen-bond donors (Lipinski definition) is 2. The molecule has 2 amide bonds. The Kier molecular flexibility index (Phi) is 6.00. The highest BCUT2D eigenvalue weighted by Gasteiger charge is 2.26. The van der Waals surface area contributed by atoms with Crippen LogP contribution in [0.25, 0.3) is 0 Å². The number of thiazole rings is 1. The molecule has 0 aliphatic heterocycles. The van der Waals surface area contributed by atoms with Crippen molar-refractivity contribution < 1.29 is 14.4 Å². The number of aromatic nitrogens is 1. The lowest BCUT2D eigenvalue weighted by molar-refractivity contribution is -0.123. The molecule has 1 fully saturated rings. The second kappa shape index (κ2) is 8.42. The fourth-order valence-corrected chi connectivity index (χ4v) is 3.86. The van der Waals surface area contributed by atoms with Gasteiger partial charge in [0.05, 0.1) is 11.9 Å². The fourth-order valence-electron chi connectivity index (χ4n) is 3.03. The minimum Gasteiger partial charge on any atom is -0.325 e. The van der Waals surface area contributed by atoms with Crippen molar-refractivity contribution in [1.29, 1.82) is 0 Å². The number of nitrogens with one attached hydrogen (secondary N) is 2. The van der Waals surface area contributed by atoms with Gasteiger partial charge in [0.15, 0.2) is 10.9 Å². The van der Waals surface area contributed by atoms with Gasteiger partial charge in [-0.05, 0) is 25.0 Å². The molecule has 0 atom stereocenters. The third-order valence-electron chi connectivity index (χ3n) is 4.24. The minimum absolute atomic E-state index is 0.0194. The summed E-state index contributed by atoms with van der Waals surface area (Å²) in [7, 11) is 0. The van der Waals surface area contributed by atoms with E-state index in [1.54, 1.807) is 24.3 Å². The molecule has 2 N–H and O–H groups in total. The normalized spacial score (nSPS) is 14.2. The smallest absolute Gasteiger partial charge is 0.235 e. The van der Waals surface area contributed by atoms with Gasteiger partial charge in [-0.15, -0.1) is 0 Å². The van der Waals surface area contributed by atoms with Crippen molar-refractivity contribution in [2.24, 2.45) is 5.92 Å². The van der Waals surface area contributed by atoms with Crippen LogP contribution in [0.4, 0.5) is 10.8 Å². The summed E-state index contributed by atoms with van der Waals surface area (Å²) in [5.41, 5.74) is 0.944. The van der Waals surface area contributed by atoms with Crippen molar-refractivity contribution in [3.8, 4) is 0 Å². The maximum atomic E-state index is 12.7. The molecule has 1 heterocycles. The highest BCUT2D eigenvalue weighted by molar-refractivity contribution is 7.19. The lowest BCUT2D eigenvalue weighted by atomic mass is 9.95. The van der Waals surface area contributed by atoms with Crippen molar-refractivity contribution >= 4 is 51.4 Å². The van der Waals surface area contributed by atoms with Gasteiger partial charge in [-0.25, -0.2) is 4.98 Å². The third kappa shape index (κ3) is 4.68. The number of nitrogens with zero attached hydrogens (tertiary/aromatic N) is 1. The van der Waals surface area contributed by atoms with Crippen molar-refractivity contribution in [3.05, 3.63) is 40.4 Å². The summed E-state index contributed by atoms with van der Waals surface area (Å²) in [6, 6.07) is 6.92. The quantitative estimate of drug-likeness (QED) is 0.572. The summed E-state index contributed by atoms with van der Waals surface area (Å²) in [4.78, 5) is 40.7. The van der Waals surface area contributed by atoms with Gasteiger partial charge in [0, 0.05) is 11.5 Å². The molecule has 3 rings (SSSR count). The zero-order valence-electron chi connectivity index (χ0n) is 14.0. The van der Waals surface area contributed by atoms with Crippen molar-refractivity contribution in [3.63, 3.8) is 0 Å². The highest BCUT2D eigenvalue weighted by atomic mass is 35.5. The van der Waals surface area contributed by atoms with Gasteiger partial charge in [-0.3, -0.25) is 14.4 Å². The largest absolute Gasteiger partial charge is 0.325 e. The summed E-state index contributed by atoms with van der Waals surface area (Å²) in [5, 5.41) is 5.53. The summed E-state index contributed by atoms with van der Waals surface area (Å²) in [6.07, 6.45) is 4.95. The fraction of sp³-hybridized carbons (Fsp3) is 0.333. The van der Waals surface area contributed by atoms with Crippen LogP contribution in [0.3, 0.4) is 0 Å². The van der Waals surface area contributed by atoms with E-state index in [1.165, 1.54) is 6.20 Å². The van der Waals surface area contributed by atoms with Crippen LogP contribution in [-0.2, 0) is 9.59 Å². The number of benzene rings is 1. The van der Waals surface area contributed by atoms with Gasteiger partial charge in [0.25, 0.3) is 0 Å². The summed E-state index contributed by atoms with van der Waals surface area (Å²) < 4.78 is 0.448. The van der Waals surface area contributed by atoms with E-state index >= 15 is 0 Å². The zero-order chi connectivity index (χ0) is 18.5. The predicted octanol–water partition coefficient (Wildman–Crippen LogP) is 4.14. The van der Waals surface area contributed by atoms with Crippen LogP contribution in [0, 0.1) is 5.92 Å². The number of anilines is 2. The first-order valence-electron chi connectivity index (χ1n) is 8.37. The van der Waals surface area contributed by atoms with Crippen LogP contribution in [0.2, 0.25) is 4.34 Å². The van der Waals surface area contributed by atoms with Crippen LogP contribution < -0.4 is 10.6 Å². The Morgan fingerprint density at radius 2 is 1.81 bits per heavy atom. The maximum Gasteiger partial charge on any atom is 0.235 e. The number of carbonyl (C=O) groups excluding carboxylic acids is 3. The number of halogens is 1. The number of amides is 2. The summed E-state index contributed by atoms with van der Waals surface area (Å²) in [6.45, 7) is 0. The van der Waals surface area contributed by atoms with E-state index in [1.807, 2.05) is 0 Å². The van der Waals surface area contributed by atoms with Gasteiger partial charge < -0.3 is 10.6 Å². The highest BCUT2D eigenvalue weighted by Crippen LogP contribution is 2.30. The Bertz CT molecular complexity index is 831. The number of Topliss-reactive ketones (excluding diaryl/α,β-unsaturated/α-hetero) is 1. The van der Waals surface area contributed by atoms with Crippen molar-refractivity contribution in [2.75, 3.05) is 10.6 Å². The SMILES string of the molecule is O=C(CC(=O)Nc1ccccc1C(=O)C1CCCC1)Nc1ncc(Cl)s1.